The van der Waals surface area contributed by atoms with Gasteiger partial charge in [0.1, 0.15) is 6.61 Å². The van der Waals surface area contributed by atoms with Crippen molar-refractivity contribution in [3.63, 3.8) is 0 Å². The number of amides is 2. The minimum Gasteiger partial charge on any atom is -0.461 e. The number of rotatable bonds is 11. The van der Waals surface area contributed by atoms with Crippen molar-refractivity contribution in [3.05, 3.63) is 54.4 Å². The fraction of sp³-hybridized carbons (Fsp3) is 0.292. The van der Waals surface area contributed by atoms with Gasteiger partial charge in [0.2, 0.25) is 11.9 Å². The van der Waals surface area contributed by atoms with Gasteiger partial charge in [-0.05, 0) is 30.7 Å². The number of fused-ring (bicyclic) bond motifs is 1. The molecular weight excluding hydrogens is 464 g/mol. The van der Waals surface area contributed by atoms with Gasteiger partial charge in [-0.2, -0.15) is 9.97 Å². The first kappa shape index (κ1) is 26.0. The van der Waals surface area contributed by atoms with Gasteiger partial charge in [0.15, 0.2) is 17.0 Å². The lowest BCUT2D eigenvalue weighted by molar-refractivity contribution is -0.142. The highest BCUT2D eigenvalue weighted by atomic mass is 16.5. The normalized spacial score (nSPS) is 10.5. The molecule has 4 N–H and O–H groups in total. The molecule has 36 heavy (non-hydrogen) atoms. The van der Waals surface area contributed by atoms with Crippen molar-refractivity contribution in [1.82, 2.24) is 25.3 Å². The Morgan fingerprint density at radius 1 is 1.17 bits per heavy atom. The number of hydrogen-bond donors (Lipinski definition) is 3. The minimum absolute atomic E-state index is 0.0711. The van der Waals surface area contributed by atoms with Crippen LogP contribution in [0.5, 0.6) is 0 Å². The molecule has 12 nitrogen and oxygen atoms in total. The molecule has 0 radical (unpaired) electrons. The molecule has 0 aliphatic carbocycles. The van der Waals surface area contributed by atoms with E-state index in [1.807, 2.05) is 24.1 Å². The van der Waals surface area contributed by atoms with Crippen molar-refractivity contribution in [2.75, 3.05) is 36.1 Å². The molecule has 0 bridgehead atoms. The van der Waals surface area contributed by atoms with Crippen molar-refractivity contribution < 1.29 is 19.1 Å². The zero-order valence-corrected chi connectivity index (χ0v) is 20.2. The first-order valence-corrected chi connectivity index (χ1v) is 11.2. The molecule has 0 fully saturated rings. The number of ether oxygens (including phenoxy) is 1. The Kier molecular flexibility index (Phi) is 8.81. The molecule has 1 aromatic carbocycles. The second-order valence-corrected chi connectivity index (χ2v) is 7.88. The second kappa shape index (κ2) is 12.2. The van der Waals surface area contributed by atoms with Crippen molar-refractivity contribution in [2.24, 2.45) is 0 Å². The van der Waals surface area contributed by atoms with Crippen LogP contribution in [0.25, 0.3) is 11.2 Å². The molecule has 0 spiro atoms. The average Bonchev–Trinajstić information content (AvgIpc) is 2.85. The summed E-state index contributed by atoms with van der Waals surface area (Å²) in [5.74, 6) is -0.674. The van der Waals surface area contributed by atoms with Crippen LogP contribution >= 0.6 is 0 Å². The molecule has 0 saturated carbocycles. The van der Waals surface area contributed by atoms with E-state index in [1.165, 1.54) is 13.0 Å². The second-order valence-electron chi connectivity index (χ2n) is 7.88. The van der Waals surface area contributed by atoms with Crippen LogP contribution in [-0.4, -0.2) is 57.9 Å². The first-order valence-electron chi connectivity index (χ1n) is 11.2. The van der Waals surface area contributed by atoms with Gasteiger partial charge in [0.05, 0.1) is 18.4 Å². The molecule has 2 heterocycles. The maximum atomic E-state index is 12.4. The summed E-state index contributed by atoms with van der Waals surface area (Å²) in [7, 11) is 1.88. The number of nitrogens with one attached hydrogen (secondary N) is 2. The third-order valence-corrected chi connectivity index (χ3v) is 4.95. The van der Waals surface area contributed by atoms with Gasteiger partial charge >= 0.3 is 5.97 Å². The largest absolute Gasteiger partial charge is 0.461 e. The van der Waals surface area contributed by atoms with Crippen molar-refractivity contribution in [2.45, 2.75) is 26.3 Å². The molecule has 3 rings (SSSR count). The predicted molar refractivity (Wildman–Crippen MR) is 135 cm³/mol. The lowest BCUT2D eigenvalue weighted by atomic mass is 10.1. The zero-order valence-electron chi connectivity index (χ0n) is 20.2. The predicted octanol–water partition coefficient (Wildman–Crippen LogP) is 1.84. The van der Waals surface area contributed by atoms with Crippen LogP contribution < -0.4 is 21.3 Å². The van der Waals surface area contributed by atoms with Crippen LogP contribution in [0.15, 0.2) is 43.1 Å². The maximum Gasteiger partial charge on any atom is 0.306 e. The Hall–Kier alpha value is -4.61. The number of nitrogen functional groups attached to an aromatic ring is 1. The van der Waals surface area contributed by atoms with Crippen LogP contribution in [0.4, 0.5) is 17.5 Å². The fourth-order valence-electron chi connectivity index (χ4n) is 3.22. The van der Waals surface area contributed by atoms with E-state index in [0.29, 0.717) is 36.3 Å². The molecule has 0 saturated heterocycles. The number of carbonyl (C=O) groups is 3. The number of benzene rings is 1. The molecule has 0 unspecified atom stereocenters. The third-order valence-electron chi connectivity index (χ3n) is 4.95. The quantitative estimate of drug-likeness (QED) is 0.204. The Bertz CT molecular complexity index is 1260. The van der Waals surface area contributed by atoms with Gasteiger partial charge in [-0.3, -0.25) is 19.7 Å². The van der Waals surface area contributed by atoms with Gasteiger partial charge in [-0.15, -0.1) is 0 Å². The standard InChI is InChI=1S/C24H28N8O4/c1-4-12-36-19(34)6-5-11-26-23(35)16-7-9-18(10-8-16)32(3)14-17-13-27-22-20(29-17)21(25)30-24(31-22)28-15(2)33/h4,7-10,13H,1,5-6,11-12,14H2,2-3H3,(H,26,35)(H3,25,27,28,30,31,33). The number of nitrogens with zero attached hydrogens (tertiary/aromatic N) is 5. The lowest BCUT2D eigenvalue weighted by Crippen LogP contribution is -2.25. The Morgan fingerprint density at radius 3 is 2.61 bits per heavy atom. The zero-order chi connectivity index (χ0) is 26.1. The highest BCUT2D eigenvalue weighted by Crippen LogP contribution is 2.19. The Morgan fingerprint density at radius 2 is 1.92 bits per heavy atom. The van der Waals surface area contributed by atoms with Gasteiger partial charge in [0, 0.05) is 38.2 Å². The third kappa shape index (κ3) is 7.19. The van der Waals surface area contributed by atoms with Crippen LogP contribution in [0.2, 0.25) is 0 Å². The van der Waals surface area contributed by atoms with Crippen LogP contribution in [0.3, 0.4) is 0 Å². The lowest BCUT2D eigenvalue weighted by Gasteiger charge is -2.19. The summed E-state index contributed by atoms with van der Waals surface area (Å²) in [4.78, 5) is 54.0. The molecule has 0 aliphatic rings. The summed E-state index contributed by atoms with van der Waals surface area (Å²) < 4.78 is 4.90. The summed E-state index contributed by atoms with van der Waals surface area (Å²) in [6.07, 6.45) is 3.80. The fourth-order valence-corrected chi connectivity index (χ4v) is 3.22. The summed E-state index contributed by atoms with van der Waals surface area (Å²) in [5, 5.41) is 5.27. The SMILES string of the molecule is C=CCOC(=O)CCCNC(=O)c1ccc(N(C)Cc2cnc3nc(NC(C)=O)nc(N)c3n2)cc1. The van der Waals surface area contributed by atoms with Crippen LogP contribution in [-0.2, 0) is 20.9 Å². The summed E-state index contributed by atoms with van der Waals surface area (Å²) in [6.45, 7) is 5.80. The first-order chi connectivity index (χ1) is 17.3. The average molecular weight is 493 g/mol. The highest BCUT2D eigenvalue weighted by molar-refractivity contribution is 5.94. The van der Waals surface area contributed by atoms with E-state index < -0.39 is 0 Å². The van der Waals surface area contributed by atoms with E-state index in [1.54, 1.807) is 18.3 Å². The maximum absolute atomic E-state index is 12.4. The van der Waals surface area contributed by atoms with E-state index in [2.05, 4.69) is 37.1 Å². The van der Waals surface area contributed by atoms with E-state index in [4.69, 9.17) is 10.5 Å². The molecule has 2 amide bonds. The molecule has 2 aromatic heterocycles. The van der Waals surface area contributed by atoms with Crippen molar-refractivity contribution in [1.29, 1.82) is 0 Å². The molecule has 0 aliphatic heterocycles. The monoisotopic (exact) mass is 492 g/mol. The summed E-state index contributed by atoms with van der Waals surface area (Å²) in [5.41, 5.74) is 8.62. The van der Waals surface area contributed by atoms with Gasteiger partial charge < -0.3 is 20.7 Å². The Balaban J connectivity index is 1.56. The number of esters is 1. The number of nitrogens with two attached hydrogens (primary N) is 1. The van der Waals surface area contributed by atoms with Crippen molar-refractivity contribution >= 4 is 46.4 Å². The van der Waals surface area contributed by atoms with Crippen molar-refractivity contribution in [3.8, 4) is 0 Å². The Labute approximate surface area is 208 Å². The summed E-state index contributed by atoms with van der Waals surface area (Å²) in [6, 6.07) is 7.10. The van der Waals surface area contributed by atoms with Crippen LogP contribution in [0, 0.1) is 0 Å². The number of aromatic nitrogens is 4. The molecular formula is C24H28N8O4. The smallest absolute Gasteiger partial charge is 0.306 e. The van der Waals surface area contributed by atoms with E-state index in [0.717, 1.165) is 5.69 Å². The van der Waals surface area contributed by atoms with Gasteiger partial charge in [-0.25, -0.2) is 9.97 Å². The van der Waals surface area contributed by atoms with E-state index in [9.17, 15) is 14.4 Å². The minimum atomic E-state index is -0.322. The van der Waals surface area contributed by atoms with Crippen LogP contribution in [0.1, 0.15) is 35.8 Å². The van der Waals surface area contributed by atoms with E-state index in [-0.39, 0.29) is 48.2 Å². The molecule has 3 aromatic rings. The van der Waals surface area contributed by atoms with E-state index >= 15 is 0 Å². The molecule has 188 valence electrons. The number of anilines is 3. The highest BCUT2D eigenvalue weighted by Gasteiger charge is 2.12. The summed E-state index contributed by atoms with van der Waals surface area (Å²) >= 11 is 0. The topological polar surface area (TPSA) is 165 Å². The number of hydrogen-bond acceptors (Lipinski definition) is 10. The number of carbonyl (C=O) groups excluding carboxylic acids is 3. The van der Waals surface area contributed by atoms with Gasteiger partial charge in [0.25, 0.3) is 5.91 Å². The molecule has 0 atom stereocenters. The van der Waals surface area contributed by atoms with Gasteiger partial charge in [-0.1, -0.05) is 12.7 Å². The molecule has 12 heteroatoms.